The van der Waals surface area contributed by atoms with E-state index in [1.165, 1.54) is 0 Å². The molecule has 1 aliphatic rings. The Morgan fingerprint density at radius 3 is 1.56 bits per heavy atom. The van der Waals surface area contributed by atoms with E-state index in [0.717, 1.165) is 77.4 Å². The molecule has 1 saturated heterocycles. The van der Waals surface area contributed by atoms with Gasteiger partial charge in [0.05, 0.1) is 45.2 Å². The van der Waals surface area contributed by atoms with Crippen molar-refractivity contribution in [1.29, 1.82) is 0 Å². The molecule has 0 spiro atoms. The van der Waals surface area contributed by atoms with Crippen molar-refractivity contribution < 1.29 is 33.2 Å². The molecule has 0 aliphatic carbocycles. The van der Waals surface area contributed by atoms with Crippen LogP contribution in [0.3, 0.4) is 0 Å². The maximum atomic E-state index is 6.85. The molecule has 0 radical (unpaired) electrons. The molecule has 2 heterocycles. The maximum Gasteiger partial charge on any atom is 0.187 e. The number of hydrogen-bond donors (Lipinski definition) is 0. The molecule has 0 bridgehead atoms. The molecule has 8 heteroatoms. The van der Waals surface area contributed by atoms with Crippen LogP contribution in [-0.2, 0) is 54.8 Å². The Balaban J connectivity index is 0.967. The van der Waals surface area contributed by atoms with E-state index in [0.29, 0.717) is 46.2 Å². The lowest BCUT2D eigenvalue weighted by Crippen LogP contribution is -2.61. The number of benzene rings is 5. The summed E-state index contributed by atoms with van der Waals surface area (Å²) < 4.78 is 46.2. The number of rotatable bonds is 24. The van der Waals surface area contributed by atoms with Crippen LogP contribution in [0.2, 0.25) is 0 Å². The predicted octanol–water partition coefficient (Wildman–Crippen LogP) is 10.7. The molecule has 5 aromatic carbocycles. The highest BCUT2D eigenvalue weighted by Crippen LogP contribution is 2.32. The van der Waals surface area contributed by atoms with Crippen molar-refractivity contribution in [2.24, 2.45) is 0 Å². The highest BCUT2D eigenvalue weighted by Gasteiger charge is 2.49. The summed E-state index contributed by atoms with van der Waals surface area (Å²) >= 11 is 0. The van der Waals surface area contributed by atoms with Gasteiger partial charge in [-0.05, 0) is 59.4 Å². The Bertz CT molecular complexity index is 2040. The third kappa shape index (κ3) is 13.5. The monoisotopic (exact) mass is 795 g/mol. The molecule has 1 fully saturated rings. The molecule has 7 rings (SSSR count). The summed E-state index contributed by atoms with van der Waals surface area (Å²) in [6, 6.07) is 50.8. The summed E-state index contributed by atoms with van der Waals surface area (Å²) in [7, 11) is 0. The summed E-state index contributed by atoms with van der Waals surface area (Å²) in [4.78, 5) is 4.39. The fourth-order valence-corrected chi connectivity index (χ4v) is 7.31. The van der Waals surface area contributed by atoms with Crippen LogP contribution < -0.4 is 4.74 Å². The summed E-state index contributed by atoms with van der Waals surface area (Å²) in [5, 5.41) is 1.10. The van der Waals surface area contributed by atoms with E-state index in [2.05, 4.69) is 65.6 Å². The summed E-state index contributed by atoms with van der Waals surface area (Å²) in [6.07, 6.45) is 5.56. The number of nitrogens with zero attached hydrogens (tertiary/aromatic N) is 1. The van der Waals surface area contributed by atoms with Crippen LogP contribution in [-0.4, -0.2) is 55.5 Å². The zero-order chi connectivity index (χ0) is 40.2. The average molecular weight is 796 g/mol. The quantitative estimate of drug-likeness (QED) is 0.0561. The van der Waals surface area contributed by atoms with Crippen LogP contribution in [0.5, 0.6) is 5.75 Å². The van der Waals surface area contributed by atoms with Gasteiger partial charge < -0.3 is 33.2 Å². The molecule has 0 amide bonds. The number of pyridine rings is 1. The summed E-state index contributed by atoms with van der Waals surface area (Å²) in [5.41, 5.74) is 5.21. The first-order chi connectivity index (χ1) is 29.3. The normalized spacial score (nSPS) is 19.2. The van der Waals surface area contributed by atoms with E-state index >= 15 is 0 Å². The van der Waals surface area contributed by atoms with E-state index in [-0.39, 0.29) is 0 Å². The minimum Gasteiger partial charge on any atom is -0.494 e. The zero-order valence-electron chi connectivity index (χ0n) is 33.9. The number of fused-ring (bicyclic) bond motifs is 1. The van der Waals surface area contributed by atoms with Gasteiger partial charge in [0.15, 0.2) is 6.29 Å². The first-order valence-corrected chi connectivity index (χ1v) is 21.1. The largest absolute Gasteiger partial charge is 0.494 e. The molecular weight excluding hydrogens is 739 g/mol. The minimum atomic E-state index is -0.730. The molecule has 8 nitrogen and oxygen atoms in total. The van der Waals surface area contributed by atoms with Gasteiger partial charge in [-0.3, -0.25) is 4.98 Å². The SMILES string of the molecule is c1ccc(COC2O[C@H](COCCCCCCCCOc3ccc4ncccc4c3)[C@@H](OCc3ccccc3)[C@H](OCc3ccccc3)[C@H]2OCc2ccccc2)cc1. The van der Waals surface area contributed by atoms with E-state index < -0.39 is 30.7 Å². The first kappa shape index (κ1) is 42.2. The third-order valence-electron chi connectivity index (χ3n) is 10.5. The van der Waals surface area contributed by atoms with Gasteiger partial charge in [-0.1, -0.05) is 153 Å². The van der Waals surface area contributed by atoms with Crippen LogP contribution in [0, 0.1) is 0 Å². The van der Waals surface area contributed by atoms with Crippen molar-refractivity contribution in [1.82, 2.24) is 4.98 Å². The Labute approximate surface area is 349 Å². The summed E-state index contributed by atoms with van der Waals surface area (Å²) in [5.74, 6) is 0.899. The number of aromatic nitrogens is 1. The second kappa shape index (κ2) is 23.6. The third-order valence-corrected chi connectivity index (χ3v) is 10.5. The van der Waals surface area contributed by atoms with Gasteiger partial charge in [-0.15, -0.1) is 0 Å². The summed E-state index contributed by atoms with van der Waals surface area (Å²) in [6.45, 7) is 3.18. The molecule has 5 atom stereocenters. The van der Waals surface area contributed by atoms with Gasteiger partial charge in [0.1, 0.15) is 30.2 Å². The lowest BCUT2D eigenvalue weighted by molar-refractivity contribution is -0.330. The van der Waals surface area contributed by atoms with Crippen LogP contribution in [0.1, 0.15) is 60.8 Å². The van der Waals surface area contributed by atoms with Crippen LogP contribution in [0.25, 0.3) is 10.9 Å². The molecule has 1 aromatic heterocycles. The molecule has 0 N–H and O–H groups in total. The molecule has 1 aliphatic heterocycles. The van der Waals surface area contributed by atoms with E-state index in [1.54, 1.807) is 0 Å². The average Bonchev–Trinajstić information content (AvgIpc) is 3.29. The fraction of sp³-hybridized carbons (Fsp3) is 0.353. The van der Waals surface area contributed by atoms with Crippen molar-refractivity contribution in [3.8, 4) is 5.75 Å². The Morgan fingerprint density at radius 2 is 0.966 bits per heavy atom. The van der Waals surface area contributed by atoms with Crippen molar-refractivity contribution >= 4 is 10.9 Å². The lowest BCUT2D eigenvalue weighted by Gasteiger charge is -2.46. The van der Waals surface area contributed by atoms with Gasteiger partial charge in [0.25, 0.3) is 0 Å². The first-order valence-electron chi connectivity index (χ1n) is 21.1. The topological polar surface area (TPSA) is 77.5 Å². The highest BCUT2D eigenvalue weighted by molar-refractivity contribution is 5.79. The predicted molar refractivity (Wildman–Crippen MR) is 231 cm³/mol. The minimum absolute atomic E-state index is 0.337. The zero-order valence-corrected chi connectivity index (χ0v) is 33.9. The van der Waals surface area contributed by atoms with E-state index in [1.807, 2.05) is 97.2 Å². The fourth-order valence-electron chi connectivity index (χ4n) is 7.31. The molecule has 59 heavy (non-hydrogen) atoms. The van der Waals surface area contributed by atoms with Crippen molar-refractivity contribution in [3.05, 3.63) is 180 Å². The van der Waals surface area contributed by atoms with Gasteiger partial charge in [0, 0.05) is 18.2 Å². The Morgan fingerprint density at radius 1 is 0.458 bits per heavy atom. The van der Waals surface area contributed by atoms with Crippen LogP contribution in [0.4, 0.5) is 0 Å². The molecule has 6 aromatic rings. The smallest absolute Gasteiger partial charge is 0.187 e. The van der Waals surface area contributed by atoms with Crippen LogP contribution >= 0.6 is 0 Å². The maximum absolute atomic E-state index is 6.85. The Kier molecular flexibility index (Phi) is 16.9. The second-order valence-corrected chi connectivity index (χ2v) is 15.0. The molecule has 1 unspecified atom stereocenters. The second-order valence-electron chi connectivity index (χ2n) is 15.0. The molecule has 0 saturated carbocycles. The number of ether oxygens (including phenoxy) is 7. The van der Waals surface area contributed by atoms with Gasteiger partial charge >= 0.3 is 0 Å². The van der Waals surface area contributed by atoms with Gasteiger partial charge in [-0.25, -0.2) is 0 Å². The Hall–Kier alpha value is -4.93. The molecule has 308 valence electrons. The van der Waals surface area contributed by atoms with Gasteiger partial charge in [0.2, 0.25) is 0 Å². The van der Waals surface area contributed by atoms with E-state index in [4.69, 9.17) is 33.2 Å². The highest BCUT2D eigenvalue weighted by atomic mass is 16.7. The van der Waals surface area contributed by atoms with E-state index in [9.17, 15) is 0 Å². The van der Waals surface area contributed by atoms with Crippen molar-refractivity contribution in [2.75, 3.05) is 19.8 Å². The number of hydrogen-bond acceptors (Lipinski definition) is 8. The standard InChI is InChI=1S/C51H57NO7/c1(2-4-18-33-54-45-29-30-46-44(34-45)28-19-31-52-46)3-17-32-53-39-47-48(55-35-40-20-9-5-10-21-40)49(56-36-41-22-11-6-12-23-41)50(57-37-42-24-13-7-14-25-42)51(59-47)58-38-43-26-15-8-16-27-43/h5-16,19-31,34,47-51H,1-4,17-18,32-33,35-39H2/t47-,48-,49+,50-,51?/m1/s1. The van der Waals surface area contributed by atoms with Gasteiger partial charge in [-0.2, -0.15) is 0 Å². The van der Waals surface area contributed by atoms with Crippen molar-refractivity contribution in [3.63, 3.8) is 0 Å². The molecular formula is C51H57NO7. The van der Waals surface area contributed by atoms with Crippen molar-refractivity contribution in [2.45, 2.75) is 95.7 Å². The number of unbranched alkanes of at least 4 members (excludes halogenated alkanes) is 5. The van der Waals surface area contributed by atoms with Crippen LogP contribution in [0.15, 0.2) is 158 Å². The lowest BCUT2D eigenvalue weighted by atomic mass is 9.97.